The summed E-state index contributed by atoms with van der Waals surface area (Å²) in [7, 11) is 1.92. The van der Waals surface area contributed by atoms with Gasteiger partial charge >= 0.3 is 0 Å². The molecule has 0 aliphatic rings. The van der Waals surface area contributed by atoms with Crippen LogP contribution in [0.1, 0.15) is 11.4 Å². The molecule has 2 N–H and O–H groups in total. The Morgan fingerprint density at radius 2 is 2.17 bits per heavy atom. The van der Waals surface area contributed by atoms with Crippen LogP contribution in [0.4, 0.5) is 5.82 Å². The molecule has 7 heteroatoms. The molecule has 18 heavy (non-hydrogen) atoms. The third-order valence-electron chi connectivity index (χ3n) is 2.52. The Kier molecular flexibility index (Phi) is 5.18. The molecular weight excluding hydrogens is 254 g/mol. The van der Waals surface area contributed by atoms with Crippen LogP contribution in [0.15, 0.2) is 18.3 Å². The van der Waals surface area contributed by atoms with Gasteiger partial charge in [0.05, 0.1) is 31.1 Å². The molecule has 0 atom stereocenters. The molecule has 0 saturated heterocycles. The average molecular weight is 272 g/mol. The summed E-state index contributed by atoms with van der Waals surface area (Å²) in [5, 5.41) is 20.5. The second-order valence-corrected chi connectivity index (χ2v) is 3.94. The van der Waals surface area contributed by atoms with Gasteiger partial charge < -0.3 is 10.4 Å². The SMILES string of the molecule is Cc1cc(CNc2ccn(CCO)n2)n(C)n1.Cl. The second-order valence-electron chi connectivity index (χ2n) is 3.94. The molecule has 0 aliphatic carbocycles. The van der Waals surface area contributed by atoms with Crippen LogP contribution in [-0.4, -0.2) is 31.3 Å². The lowest BCUT2D eigenvalue weighted by molar-refractivity contribution is 0.269. The van der Waals surface area contributed by atoms with Gasteiger partial charge in [-0.3, -0.25) is 9.36 Å². The number of hydrogen-bond acceptors (Lipinski definition) is 4. The van der Waals surface area contributed by atoms with Crippen molar-refractivity contribution in [3.8, 4) is 0 Å². The Bertz CT molecular complexity index is 493. The van der Waals surface area contributed by atoms with Gasteiger partial charge in [-0.2, -0.15) is 10.2 Å². The van der Waals surface area contributed by atoms with Crippen LogP contribution in [0.5, 0.6) is 0 Å². The maximum absolute atomic E-state index is 8.78. The van der Waals surface area contributed by atoms with Gasteiger partial charge in [0.25, 0.3) is 0 Å². The van der Waals surface area contributed by atoms with E-state index in [0.717, 1.165) is 17.2 Å². The van der Waals surface area contributed by atoms with Crippen LogP contribution >= 0.6 is 12.4 Å². The van der Waals surface area contributed by atoms with Crippen LogP contribution in [-0.2, 0) is 20.1 Å². The van der Waals surface area contributed by atoms with Crippen molar-refractivity contribution >= 4 is 18.2 Å². The Hall–Kier alpha value is -1.53. The molecule has 0 fully saturated rings. The maximum Gasteiger partial charge on any atom is 0.148 e. The van der Waals surface area contributed by atoms with Gasteiger partial charge in [-0.15, -0.1) is 12.4 Å². The van der Waals surface area contributed by atoms with Gasteiger partial charge in [-0.25, -0.2) is 0 Å². The fourth-order valence-electron chi connectivity index (χ4n) is 1.69. The van der Waals surface area contributed by atoms with Crippen molar-refractivity contribution in [2.75, 3.05) is 11.9 Å². The van der Waals surface area contributed by atoms with E-state index in [1.54, 1.807) is 4.68 Å². The highest BCUT2D eigenvalue weighted by Crippen LogP contribution is 2.07. The van der Waals surface area contributed by atoms with Crippen LogP contribution in [0.25, 0.3) is 0 Å². The summed E-state index contributed by atoms with van der Waals surface area (Å²) < 4.78 is 3.56. The molecule has 0 bridgehead atoms. The molecule has 0 aliphatic heterocycles. The third-order valence-corrected chi connectivity index (χ3v) is 2.52. The largest absolute Gasteiger partial charge is 0.394 e. The fraction of sp³-hybridized carbons (Fsp3) is 0.455. The molecule has 2 aromatic rings. The van der Waals surface area contributed by atoms with E-state index < -0.39 is 0 Å². The third kappa shape index (κ3) is 3.48. The zero-order valence-corrected chi connectivity index (χ0v) is 11.3. The summed E-state index contributed by atoms with van der Waals surface area (Å²) in [5.74, 6) is 0.803. The Morgan fingerprint density at radius 1 is 1.39 bits per heavy atom. The molecule has 0 unspecified atom stereocenters. The van der Waals surface area contributed by atoms with Crippen molar-refractivity contribution in [2.24, 2.45) is 7.05 Å². The van der Waals surface area contributed by atoms with Gasteiger partial charge in [0.1, 0.15) is 5.82 Å². The monoisotopic (exact) mass is 271 g/mol. The Morgan fingerprint density at radius 3 is 2.78 bits per heavy atom. The number of rotatable bonds is 5. The standard InChI is InChI=1S/C11H17N5O.ClH/c1-9-7-10(15(2)13-9)8-12-11-3-4-16(14-11)5-6-17;/h3-4,7,17H,5-6,8H2,1-2H3,(H,12,14);1H. The quantitative estimate of drug-likeness (QED) is 0.850. The second kappa shape index (κ2) is 6.42. The zero-order chi connectivity index (χ0) is 12.3. The van der Waals surface area contributed by atoms with Crippen molar-refractivity contribution in [1.82, 2.24) is 19.6 Å². The molecular formula is C11H18ClN5O. The molecule has 6 nitrogen and oxygen atoms in total. The van der Waals surface area contributed by atoms with E-state index in [1.165, 1.54) is 0 Å². The molecule has 2 rings (SSSR count). The number of aliphatic hydroxyl groups is 1. The van der Waals surface area contributed by atoms with E-state index in [4.69, 9.17) is 5.11 Å². The summed E-state index contributed by atoms with van der Waals surface area (Å²) in [6.45, 7) is 3.28. The zero-order valence-electron chi connectivity index (χ0n) is 10.5. The minimum atomic E-state index is 0. The fourth-order valence-corrected chi connectivity index (χ4v) is 1.69. The van der Waals surface area contributed by atoms with Crippen molar-refractivity contribution in [3.05, 3.63) is 29.7 Å². The Labute approximate surface area is 112 Å². The van der Waals surface area contributed by atoms with Crippen LogP contribution in [0, 0.1) is 6.92 Å². The summed E-state index contributed by atoms with van der Waals surface area (Å²) in [4.78, 5) is 0. The van der Waals surface area contributed by atoms with E-state index in [0.29, 0.717) is 13.1 Å². The highest BCUT2D eigenvalue weighted by Gasteiger charge is 2.03. The first kappa shape index (κ1) is 14.5. The van der Waals surface area contributed by atoms with E-state index in [9.17, 15) is 0 Å². The summed E-state index contributed by atoms with van der Waals surface area (Å²) in [6.07, 6.45) is 1.84. The maximum atomic E-state index is 8.78. The van der Waals surface area contributed by atoms with Crippen molar-refractivity contribution in [3.63, 3.8) is 0 Å². The van der Waals surface area contributed by atoms with Gasteiger partial charge in [0.15, 0.2) is 0 Å². The van der Waals surface area contributed by atoms with Gasteiger partial charge in [-0.1, -0.05) is 0 Å². The van der Waals surface area contributed by atoms with Gasteiger partial charge in [0.2, 0.25) is 0 Å². The van der Waals surface area contributed by atoms with E-state index in [-0.39, 0.29) is 19.0 Å². The molecule has 0 aromatic carbocycles. The minimum Gasteiger partial charge on any atom is -0.394 e. The number of anilines is 1. The van der Waals surface area contributed by atoms with Gasteiger partial charge in [-0.05, 0) is 13.0 Å². The lowest BCUT2D eigenvalue weighted by Crippen LogP contribution is -2.07. The first-order chi connectivity index (χ1) is 8.19. The number of aliphatic hydroxyl groups excluding tert-OH is 1. The number of nitrogens with one attached hydrogen (secondary N) is 1. The van der Waals surface area contributed by atoms with Crippen LogP contribution in [0.2, 0.25) is 0 Å². The lowest BCUT2D eigenvalue weighted by Gasteiger charge is -2.03. The predicted molar refractivity (Wildman–Crippen MR) is 71.8 cm³/mol. The molecule has 0 radical (unpaired) electrons. The Balaban J connectivity index is 0.00000162. The molecule has 0 amide bonds. The molecule has 0 saturated carbocycles. The van der Waals surface area contributed by atoms with Crippen molar-refractivity contribution in [2.45, 2.75) is 20.0 Å². The summed E-state index contributed by atoms with van der Waals surface area (Å²) in [6, 6.07) is 3.93. The number of aromatic nitrogens is 4. The topological polar surface area (TPSA) is 67.9 Å². The smallest absolute Gasteiger partial charge is 0.148 e. The van der Waals surface area contributed by atoms with E-state index >= 15 is 0 Å². The number of aryl methyl sites for hydroxylation is 2. The first-order valence-corrected chi connectivity index (χ1v) is 5.57. The van der Waals surface area contributed by atoms with Crippen molar-refractivity contribution in [1.29, 1.82) is 0 Å². The molecule has 100 valence electrons. The average Bonchev–Trinajstić information content (AvgIpc) is 2.83. The van der Waals surface area contributed by atoms with Crippen LogP contribution in [0.3, 0.4) is 0 Å². The molecule has 2 heterocycles. The van der Waals surface area contributed by atoms with E-state index in [2.05, 4.69) is 15.5 Å². The summed E-state index contributed by atoms with van der Waals surface area (Å²) in [5.41, 5.74) is 2.12. The van der Waals surface area contributed by atoms with E-state index in [1.807, 2.05) is 37.0 Å². The number of nitrogens with zero attached hydrogens (tertiary/aromatic N) is 4. The highest BCUT2D eigenvalue weighted by molar-refractivity contribution is 5.85. The number of halogens is 1. The minimum absolute atomic E-state index is 0. The normalized spacial score (nSPS) is 10.2. The molecule has 2 aromatic heterocycles. The predicted octanol–water partition coefficient (Wildman–Crippen LogP) is 0.951. The first-order valence-electron chi connectivity index (χ1n) is 5.57. The lowest BCUT2D eigenvalue weighted by atomic mass is 10.3. The van der Waals surface area contributed by atoms with Crippen molar-refractivity contribution < 1.29 is 5.11 Å². The highest BCUT2D eigenvalue weighted by atomic mass is 35.5. The van der Waals surface area contributed by atoms with Crippen LogP contribution < -0.4 is 5.32 Å². The number of hydrogen-bond donors (Lipinski definition) is 2. The summed E-state index contributed by atoms with van der Waals surface area (Å²) >= 11 is 0. The molecule has 0 spiro atoms. The van der Waals surface area contributed by atoms with Gasteiger partial charge in [0, 0.05) is 19.3 Å².